The van der Waals surface area contributed by atoms with E-state index in [9.17, 15) is 9.59 Å². The van der Waals surface area contributed by atoms with Crippen LogP contribution in [-0.4, -0.2) is 41.3 Å². The van der Waals surface area contributed by atoms with E-state index in [0.717, 1.165) is 42.9 Å². The first-order valence-corrected chi connectivity index (χ1v) is 9.92. The van der Waals surface area contributed by atoms with Crippen LogP contribution in [0, 0.1) is 12.8 Å². The summed E-state index contributed by atoms with van der Waals surface area (Å²) < 4.78 is 0. The summed E-state index contributed by atoms with van der Waals surface area (Å²) in [5, 5.41) is 2.92. The predicted molar refractivity (Wildman–Crippen MR) is 101 cm³/mol. The van der Waals surface area contributed by atoms with Gasteiger partial charge in [0.25, 0.3) is 0 Å². The van der Waals surface area contributed by atoms with Gasteiger partial charge in [-0.2, -0.15) is 11.8 Å². The summed E-state index contributed by atoms with van der Waals surface area (Å²) in [7, 11) is 0. The van der Waals surface area contributed by atoms with Gasteiger partial charge in [0.1, 0.15) is 0 Å². The molecule has 1 atom stereocenters. The maximum absolute atomic E-state index is 12.1. The van der Waals surface area contributed by atoms with Gasteiger partial charge in [-0.15, -0.1) is 0 Å². The number of anilines is 1. The van der Waals surface area contributed by atoms with E-state index in [1.165, 1.54) is 6.42 Å². The summed E-state index contributed by atoms with van der Waals surface area (Å²) in [6.07, 6.45) is 3.64. The molecule has 1 saturated heterocycles. The first-order chi connectivity index (χ1) is 11.5. The monoisotopic (exact) mass is 348 g/mol. The number of amides is 2. The molecule has 1 fully saturated rings. The number of carbonyl (C=O) groups excluding carboxylic acids is 2. The van der Waals surface area contributed by atoms with Gasteiger partial charge in [0, 0.05) is 25.2 Å². The number of rotatable bonds is 7. The van der Waals surface area contributed by atoms with E-state index >= 15 is 0 Å². The van der Waals surface area contributed by atoms with Crippen LogP contribution in [0.25, 0.3) is 0 Å². The minimum Gasteiger partial charge on any atom is -0.342 e. The minimum atomic E-state index is 0.0392. The Balaban J connectivity index is 1.57. The van der Waals surface area contributed by atoms with Crippen molar-refractivity contribution in [2.45, 2.75) is 39.5 Å². The van der Waals surface area contributed by atoms with Crippen LogP contribution in [0.15, 0.2) is 24.3 Å². The highest BCUT2D eigenvalue weighted by molar-refractivity contribution is 7.99. The molecule has 132 valence electrons. The molecule has 1 aromatic rings. The van der Waals surface area contributed by atoms with Gasteiger partial charge in [-0.3, -0.25) is 9.59 Å². The zero-order valence-corrected chi connectivity index (χ0v) is 15.5. The number of benzene rings is 1. The molecule has 0 aromatic heterocycles. The minimum absolute atomic E-state index is 0.0392. The Morgan fingerprint density at radius 1 is 1.38 bits per heavy atom. The fourth-order valence-electron chi connectivity index (χ4n) is 2.95. The van der Waals surface area contributed by atoms with Crippen LogP contribution < -0.4 is 5.32 Å². The molecule has 1 N–H and O–H groups in total. The lowest BCUT2D eigenvalue weighted by atomic mass is 10.0. The Morgan fingerprint density at radius 2 is 2.21 bits per heavy atom. The number of nitrogens with one attached hydrogen (secondary N) is 1. The average molecular weight is 349 g/mol. The fourth-order valence-corrected chi connectivity index (χ4v) is 3.80. The molecular weight excluding hydrogens is 320 g/mol. The van der Waals surface area contributed by atoms with Crippen molar-refractivity contribution < 1.29 is 9.59 Å². The third-order valence-electron chi connectivity index (χ3n) is 4.23. The molecule has 5 heteroatoms. The van der Waals surface area contributed by atoms with Crippen molar-refractivity contribution in [3.8, 4) is 0 Å². The SMILES string of the molecule is Cc1cccc(NC(=O)CCCSCC(=O)N2CCC[C@@H](C)C2)c1. The van der Waals surface area contributed by atoms with Crippen LogP contribution in [0.1, 0.15) is 38.2 Å². The quantitative estimate of drug-likeness (QED) is 0.764. The van der Waals surface area contributed by atoms with Crippen molar-refractivity contribution in [2.75, 3.05) is 29.9 Å². The van der Waals surface area contributed by atoms with Gasteiger partial charge in [0.05, 0.1) is 5.75 Å². The van der Waals surface area contributed by atoms with Crippen molar-refractivity contribution in [2.24, 2.45) is 5.92 Å². The lowest BCUT2D eigenvalue weighted by molar-refractivity contribution is -0.130. The topological polar surface area (TPSA) is 49.4 Å². The predicted octanol–water partition coefficient (Wildman–Crippen LogP) is 3.71. The van der Waals surface area contributed by atoms with Gasteiger partial charge >= 0.3 is 0 Å². The number of hydrogen-bond donors (Lipinski definition) is 1. The van der Waals surface area contributed by atoms with Gasteiger partial charge in [0.15, 0.2) is 0 Å². The summed E-state index contributed by atoms with van der Waals surface area (Å²) in [6, 6.07) is 7.81. The van der Waals surface area contributed by atoms with Crippen molar-refractivity contribution >= 4 is 29.3 Å². The second-order valence-corrected chi connectivity index (χ2v) is 7.77. The molecule has 24 heavy (non-hydrogen) atoms. The van der Waals surface area contributed by atoms with Crippen LogP contribution in [0.2, 0.25) is 0 Å². The molecule has 0 radical (unpaired) electrons. The van der Waals surface area contributed by atoms with Gasteiger partial charge in [-0.25, -0.2) is 0 Å². The number of likely N-dealkylation sites (tertiary alicyclic amines) is 1. The van der Waals surface area contributed by atoms with E-state index in [2.05, 4.69) is 12.2 Å². The van der Waals surface area contributed by atoms with Crippen LogP contribution in [-0.2, 0) is 9.59 Å². The average Bonchev–Trinajstić information content (AvgIpc) is 2.54. The lowest BCUT2D eigenvalue weighted by Crippen LogP contribution is -2.40. The molecule has 1 heterocycles. The molecule has 0 saturated carbocycles. The number of piperidine rings is 1. The second-order valence-electron chi connectivity index (χ2n) is 6.66. The van der Waals surface area contributed by atoms with Gasteiger partial charge < -0.3 is 10.2 Å². The van der Waals surface area contributed by atoms with Crippen LogP contribution >= 0.6 is 11.8 Å². The van der Waals surface area contributed by atoms with Crippen molar-refractivity contribution in [1.29, 1.82) is 0 Å². The molecule has 1 aliphatic heterocycles. The summed E-state index contributed by atoms with van der Waals surface area (Å²) in [5.74, 6) is 2.29. The summed E-state index contributed by atoms with van der Waals surface area (Å²) in [5.41, 5.74) is 1.98. The first-order valence-electron chi connectivity index (χ1n) is 8.76. The van der Waals surface area contributed by atoms with Crippen molar-refractivity contribution in [1.82, 2.24) is 4.90 Å². The van der Waals surface area contributed by atoms with E-state index in [1.807, 2.05) is 36.1 Å². The third-order valence-corrected chi connectivity index (χ3v) is 5.26. The van der Waals surface area contributed by atoms with Crippen LogP contribution in [0.4, 0.5) is 5.69 Å². The molecule has 0 bridgehead atoms. The number of nitrogens with zero attached hydrogens (tertiary/aromatic N) is 1. The molecular formula is C19H28N2O2S. The molecule has 4 nitrogen and oxygen atoms in total. The molecule has 1 aromatic carbocycles. The summed E-state index contributed by atoms with van der Waals surface area (Å²) >= 11 is 1.64. The number of hydrogen-bond acceptors (Lipinski definition) is 3. The molecule has 2 amide bonds. The normalized spacial score (nSPS) is 17.6. The van der Waals surface area contributed by atoms with E-state index in [-0.39, 0.29) is 11.8 Å². The van der Waals surface area contributed by atoms with Crippen LogP contribution in [0.5, 0.6) is 0 Å². The van der Waals surface area contributed by atoms with E-state index < -0.39 is 0 Å². The smallest absolute Gasteiger partial charge is 0.232 e. The summed E-state index contributed by atoms with van der Waals surface area (Å²) in [4.78, 5) is 26.0. The van der Waals surface area contributed by atoms with Crippen molar-refractivity contribution in [3.63, 3.8) is 0 Å². The first kappa shape index (κ1) is 18.8. The molecule has 0 unspecified atom stereocenters. The largest absolute Gasteiger partial charge is 0.342 e. The maximum atomic E-state index is 12.1. The Morgan fingerprint density at radius 3 is 2.96 bits per heavy atom. The second kappa shape index (κ2) is 9.72. The standard InChI is InChI=1S/C19H28N2O2S/c1-15-6-3-8-17(12-15)20-18(22)9-5-11-24-14-19(23)21-10-4-7-16(2)13-21/h3,6,8,12,16H,4-5,7,9-11,13-14H2,1-2H3,(H,20,22)/t16-/m1/s1. The van der Waals surface area contributed by atoms with E-state index in [1.54, 1.807) is 11.8 Å². The Hall–Kier alpha value is -1.49. The van der Waals surface area contributed by atoms with Crippen LogP contribution in [0.3, 0.4) is 0 Å². The zero-order chi connectivity index (χ0) is 17.4. The van der Waals surface area contributed by atoms with E-state index in [4.69, 9.17) is 0 Å². The Bertz CT molecular complexity index is 562. The van der Waals surface area contributed by atoms with Gasteiger partial charge in [-0.1, -0.05) is 19.1 Å². The van der Waals surface area contributed by atoms with Gasteiger partial charge in [-0.05, 0) is 55.6 Å². The highest BCUT2D eigenvalue weighted by Crippen LogP contribution is 2.17. The summed E-state index contributed by atoms with van der Waals surface area (Å²) in [6.45, 7) is 6.02. The molecule has 0 aliphatic carbocycles. The number of carbonyl (C=O) groups is 2. The molecule has 1 aliphatic rings. The van der Waals surface area contributed by atoms with Crippen molar-refractivity contribution in [3.05, 3.63) is 29.8 Å². The Labute approximate surface area is 149 Å². The van der Waals surface area contributed by atoms with Gasteiger partial charge in [0.2, 0.25) is 11.8 Å². The third kappa shape index (κ3) is 6.56. The fraction of sp³-hybridized carbons (Fsp3) is 0.579. The zero-order valence-electron chi connectivity index (χ0n) is 14.7. The maximum Gasteiger partial charge on any atom is 0.232 e. The molecule has 0 spiro atoms. The Kier molecular flexibility index (Phi) is 7.63. The highest BCUT2D eigenvalue weighted by Gasteiger charge is 2.20. The number of thioether (sulfide) groups is 1. The lowest BCUT2D eigenvalue weighted by Gasteiger charge is -2.30. The number of aryl methyl sites for hydroxylation is 1. The van der Waals surface area contributed by atoms with E-state index in [0.29, 0.717) is 18.1 Å². The molecule has 2 rings (SSSR count). The highest BCUT2D eigenvalue weighted by atomic mass is 32.2.